The molecule has 0 aliphatic heterocycles. The Kier molecular flexibility index (Phi) is 2.12. The summed E-state index contributed by atoms with van der Waals surface area (Å²) in [6.07, 6.45) is 4.52. The van der Waals surface area contributed by atoms with Crippen molar-refractivity contribution in [1.29, 1.82) is 0 Å². The van der Waals surface area contributed by atoms with Crippen LogP contribution in [0.3, 0.4) is 0 Å². The average Bonchev–Trinajstić information content (AvgIpc) is 3.13. The highest BCUT2D eigenvalue weighted by Gasteiger charge is 2.44. The fourth-order valence-corrected chi connectivity index (χ4v) is 2.38. The van der Waals surface area contributed by atoms with Crippen LogP contribution in [0.4, 0.5) is 0 Å². The summed E-state index contributed by atoms with van der Waals surface area (Å²) in [5, 5.41) is 0. The number of hydrogen-bond donors (Lipinski definition) is 0. The summed E-state index contributed by atoms with van der Waals surface area (Å²) in [6.45, 7) is 0. The van der Waals surface area contributed by atoms with Crippen LogP contribution in [0.2, 0.25) is 0 Å². The number of benzene rings is 1. The van der Waals surface area contributed by atoms with E-state index < -0.39 is 0 Å². The molecule has 2 fully saturated rings. The van der Waals surface area contributed by atoms with Gasteiger partial charge in [-0.2, -0.15) is 0 Å². The fraction of sp³-hybridized carbons (Fsp3) is 0.500. The van der Waals surface area contributed by atoms with Crippen molar-refractivity contribution in [3.63, 3.8) is 0 Å². The van der Waals surface area contributed by atoms with E-state index in [-0.39, 0.29) is 0 Å². The maximum Gasteiger partial charge on any atom is 0.136 e. The maximum atomic E-state index is 11.8. The van der Waals surface area contributed by atoms with Crippen molar-refractivity contribution in [1.82, 2.24) is 0 Å². The standard InChI is InChI=1S/C14H16O/c15-14(8-10-6-7-10)13-9-12(13)11-4-2-1-3-5-11/h1-5,10,12-13H,6-9H2. The summed E-state index contributed by atoms with van der Waals surface area (Å²) in [7, 11) is 0. The largest absolute Gasteiger partial charge is 0.299 e. The van der Waals surface area contributed by atoms with Crippen molar-refractivity contribution in [2.45, 2.75) is 31.6 Å². The van der Waals surface area contributed by atoms with E-state index in [0.717, 1.165) is 18.8 Å². The molecule has 0 bridgehead atoms. The third kappa shape index (κ3) is 1.97. The second-order valence-corrected chi connectivity index (χ2v) is 4.97. The number of carbonyl (C=O) groups is 1. The van der Waals surface area contributed by atoms with Crippen LogP contribution in [0.1, 0.15) is 37.2 Å². The molecule has 2 atom stereocenters. The molecule has 2 aliphatic rings. The predicted octanol–water partition coefficient (Wildman–Crippen LogP) is 3.16. The number of carbonyl (C=O) groups excluding carboxylic acids is 1. The minimum absolute atomic E-state index is 0.355. The van der Waals surface area contributed by atoms with Crippen molar-refractivity contribution >= 4 is 5.78 Å². The van der Waals surface area contributed by atoms with Crippen LogP contribution in [0, 0.1) is 11.8 Å². The van der Waals surface area contributed by atoms with Gasteiger partial charge in [0, 0.05) is 12.3 Å². The summed E-state index contributed by atoms with van der Waals surface area (Å²) in [6, 6.07) is 10.5. The highest BCUT2D eigenvalue weighted by atomic mass is 16.1. The number of ketones is 1. The van der Waals surface area contributed by atoms with E-state index in [0.29, 0.717) is 17.6 Å². The molecule has 2 unspecified atom stereocenters. The molecule has 0 N–H and O–H groups in total. The van der Waals surface area contributed by atoms with Crippen LogP contribution < -0.4 is 0 Å². The molecule has 0 saturated heterocycles. The van der Waals surface area contributed by atoms with Crippen LogP contribution in [0.15, 0.2) is 30.3 Å². The SMILES string of the molecule is O=C(CC1CC1)C1CC1c1ccccc1. The van der Waals surface area contributed by atoms with Gasteiger partial charge in [0.2, 0.25) is 0 Å². The van der Waals surface area contributed by atoms with E-state index in [2.05, 4.69) is 24.3 Å². The molecule has 1 aromatic rings. The minimum atomic E-state index is 0.355. The molecule has 3 rings (SSSR count). The maximum absolute atomic E-state index is 11.8. The quantitative estimate of drug-likeness (QED) is 0.729. The first-order chi connectivity index (χ1) is 7.34. The normalized spacial score (nSPS) is 28.8. The molecular formula is C14H16O. The highest BCUT2D eigenvalue weighted by Crippen LogP contribution is 2.49. The van der Waals surface area contributed by atoms with E-state index in [9.17, 15) is 4.79 Å². The Morgan fingerprint density at radius 3 is 2.60 bits per heavy atom. The van der Waals surface area contributed by atoms with Crippen molar-refractivity contribution in [3.8, 4) is 0 Å². The third-order valence-corrected chi connectivity index (χ3v) is 3.62. The summed E-state index contributed by atoms with van der Waals surface area (Å²) in [5.41, 5.74) is 1.35. The van der Waals surface area contributed by atoms with Crippen molar-refractivity contribution in [2.75, 3.05) is 0 Å². The topological polar surface area (TPSA) is 17.1 Å². The van der Waals surface area contributed by atoms with E-state index in [1.54, 1.807) is 0 Å². The van der Waals surface area contributed by atoms with Crippen LogP contribution in [0.5, 0.6) is 0 Å². The second-order valence-electron chi connectivity index (χ2n) is 4.97. The zero-order valence-corrected chi connectivity index (χ0v) is 8.86. The van der Waals surface area contributed by atoms with Crippen molar-refractivity contribution in [2.24, 2.45) is 11.8 Å². The molecule has 2 saturated carbocycles. The summed E-state index contributed by atoms with van der Waals surface area (Å²) >= 11 is 0. The van der Waals surface area contributed by atoms with Gasteiger partial charge in [0.05, 0.1) is 0 Å². The Bertz CT molecular complexity index is 364. The van der Waals surface area contributed by atoms with Crippen LogP contribution in [-0.2, 0) is 4.79 Å². The second kappa shape index (κ2) is 3.48. The zero-order valence-electron chi connectivity index (χ0n) is 8.86. The van der Waals surface area contributed by atoms with Crippen LogP contribution in [-0.4, -0.2) is 5.78 Å². The molecule has 0 amide bonds. The first-order valence-electron chi connectivity index (χ1n) is 5.92. The lowest BCUT2D eigenvalue weighted by Crippen LogP contribution is -2.02. The molecule has 1 heteroatoms. The minimum Gasteiger partial charge on any atom is -0.299 e. The molecule has 78 valence electrons. The van der Waals surface area contributed by atoms with Gasteiger partial charge < -0.3 is 0 Å². The van der Waals surface area contributed by atoms with E-state index in [1.807, 2.05) is 6.07 Å². The average molecular weight is 200 g/mol. The molecule has 1 nitrogen and oxygen atoms in total. The summed E-state index contributed by atoms with van der Waals surface area (Å²) in [4.78, 5) is 11.8. The van der Waals surface area contributed by atoms with Crippen molar-refractivity contribution in [3.05, 3.63) is 35.9 Å². The van der Waals surface area contributed by atoms with Gasteiger partial charge in [0.25, 0.3) is 0 Å². The van der Waals surface area contributed by atoms with Gasteiger partial charge in [0.1, 0.15) is 5.78 Å². The lowest BCUT2D eigenvalue weighted by Gasteiger charge is -1.99. The molecule has 0 radical (unpaired) electrons. The van der Waals surface area contributed by atoms with E-state index >= 15 is 0 Å². The summed E-state index contributed by atoms with van der Waals surface area (Å²) in [5.74, 6) is 2.16. The molecule has 15 heavy (non-hydrogen) atoms. The van der Waals surface area contributed by atoms with Gasteiger partial charge in [-0.25, -0.2) is 0 Å². The number of Topliss-reactive ketones (excluding diaryl/α,β-unsaturated/α-hetero) is 1. The van der Waals surface area contributed by atoms with E-state index in [1.165, 1.54) is 18.4 Å². The van der Waals surface area contributed by atoms with Gasteiger partial charge >= 0.3 is 0 Å². The first-order valence-corrected chi connectivity index (χ1v) is 5.92. The molecule has 2 aliphatic carbocycles. The van der Waals surface area contributed by atoms with Gasteiger partial charge in [-0.3, -0.25) is 4.79 Å². The Labute approximate surface area is 90.5 Å². The first kappa shape index (κ1) is 9.14. The molecule has 0 spiro atoms. The monoisotopic (exact) mass is 200 g/mol. The molecule has 0 aromatic heterocycles. The number of hydrogen-bond acceptors (Lipinski definition) is 1. The lowest BCUT2D eigenvalue weighted by molar-refractivity contribution is -0.120. The van der Waals surface area contributed by atoms with Crippen LogP contribution in [0.25, 0.3) is 0 Å². The van der Waals surface area contributed by atoms with Crippen LogP contribution >= 0.6 is 0 Å². The Hall–Kier alpha value is -1.11. The summed E-state index contributed by atoms with van der Waals surface area (Å²) < 4.78 is 0. The Balaban J connectivity index is 1.61. The molecule has 0 heterocycles. The highest BCUT2D eigenvalue weighted by molar-refractivity contribution is 5.85. The smallest absolute Gasteiger partial charge is 0.136 e. The molecular weight excluding hydrogens is 184 g/mol. The third-order valence-electron chi connectivity index (χ3n) is 3.62. The Morgan fingerprint density at radius 1 is 1.20 bits per heavy atom. The van der Waals surface area contributed by atoms with Gasteiger partial charge in [-0.1, -0.05) is 30.3 Å². The Morgan fingerprint density at radius 2 is 1.93 bits per heavy atom. The number of rotatable bonds is 4. The lowest BCUT2D eigenvalue weighted by atomic mass is 10.0. The molecule has 1 aromatic carbocycles. The van der Waals surface area contributed by atoms with E-state index in [4.69, 9.17) is 0 Å². The predicted molar refractivity (Wildman–Crippen MR) is 59.6 cm³/mol. The van der Waals surface area contributed by atoms with Gasteiger partial charge in [-0.05, 0) is 36.7 Å². The van der Waals surface area contributed by atoms with Gasteiger partial charge in [-0.15, -0.1) is 0 Å². The fourth-order valence-electron chi connectivity index (χ4n) is 2.38. The van der Waals surface area contributed by atoms with Gasteiger partial charge in [0.15, 0.2) is 0 Å². The van der Waals surface area contributed by atoms with Crippen molar-refractivity contribution < 1.29 is 4.79 Å². The zero-order chi connectivity index (χ0) is 10.3.